The molecule has 0 N–H and O–H groups in total. The quantitative estimate of drug-likeness (QED) is 0.692. The van der Waals surface area contributed by atoms with E-state index in [1.807, 2.05) is 6.07 Å². The molecule has 0 unspecified atom stereocenters. The third-order valence-electron chi connectivity index (χ3n) is 3.62. The van der Waals surface area contributed by atoms with E-state index in [1.54, 1.807) is 7.11 Å². The number of ether oxygens (including phenoxy) is 1. The van der Waals surface area contributed by atoms with E-state index in [0.717, 1.165) is 19.4 Å². The van der Waals surface area contributed by atoms with Crippen LogP contribution < -0.4 is 0 Å². The van der Waals surface area contributed by atoms with Gasteiger partial charge in [0.25, 0.3) is 0 Å². The zero-order valence-electron chi connectivity index (χ0n) is 12.1. The molecule has 104 valence electrons. The summed E-state index contributed by atoms with van der Waals surface area (Å²) in [5.74, 6) is 0.462. The highest BCUT2D eigenvalue weighted by atomic mass is 16.5. The van der Waals surface area contributed by atoms with Gasteiger partial charge in [0.2, 0.25) is 0 Å². The largest absolute Gasteiger partial charge is 0.385 e. The minimum absolute atomic E-state index is 0.462. The summed E-state index contributed by atoms with van der Waals surface area (Å²) >= 11 is 0. The summed E-state index contributed by atoms with van der Waals surface area (Å²) in [5.41, 5.74) is 3.78. The predicted molar refractivity (Wildman–Crippen MR) is 85.8 cm³/mol. The zero-order valence-corrected chi connectivity index (χ0v) is 12.1. The summed E-state index contributed by atoms with van der Waals surface area (Å²) < 4.78 is 5.25. The number of methoxy groups -OCH3 is 1. The maximum absolute atomic E-state index is 5.25. The third kappa shape index (κ3) is 4.07. The van der Waals surface area contributed by atoms with Crippen molar-refractivity contribution in [3.8, 4) is 0 Å². The van der Waals surface area contributed by atoms with Gasteiger partial charge in [-0.2, -0.15) is 0 Å². The van der Waals surface area contributed by atoms with E-state index >= 15 is 0 Å². The molecule has 2 aromatic rings. The third-order valence-corrected chi connectivity index (χ3v) is 3.62. The highest BCUT2D eigenvalue weighted by Crippen LogP contribution is 2.30. The molecule has 0 saturated carbocycles. The second kappa shape index (κ2) is 7.66. The lowest BCUT2D eigenvalue weighted by Crippen LogP contribution is -2.04. The Morgan fingerprint density at radius 1 is 1.00 bits per heavy atom. The van der Waals surface area contributed by atoms with Gasteiger partial charge in [-0.25, -0.2) is 0 Å². The van der Waals surface area contributed by atoms with Crippen molar-refractivity contribution in [1.82, 2.24) is 0 Å². The van der Waals surface area contributed by atoms with Crippen LogP contribution in [0.25, 0.3) is 5.57 Å². The maximum Gasteiger partial charge on any atom is 0.0468 e. The predicted octanol–water partition coefficient (Wildman–Crippen LogP) is 4.91. The Kier molecular flexibility index (Phi) is 5.57. The van der Waals surface area contributed by atoms with Crippen molar-refractivity contribution in [1.29, 1.82) is 0 Å². The highest BCUT2D eigenvalue weighted by molar-refractivity contribution is 5.63. The van der Waals surface area contributed by atoms with Gasteiger partial charge in [-0.3, -0.25) is 0 Å². The maximum atomic E-state index is 5.25. The molecule has 0 aliphatic carbocycles. The van der Waals surface area contributed by atoms with Crippen molar-refractivity contribution in [2.24, 2.45) is 0 Å². The summed E-state index contributed by atoms with van der Waals surface area (Å²) in [6.07, 6.45) is 1.99. The first kappa shape index (κ1) is 14.5. The molecule has 0 heterocycles. The lowest BCUT2D eigenvalue weighted by molar-refractivity contribution is 0.188. The molecule has 1 heteroatoms. The van der Waals surface area contributed by atoms with Crippen molar-refractivity contribution in [3.05, 3.63) is 78.4 Å². The van der Waals surface area contributed by atoms with Gasteiger partial charge in [0.1, 0.15) is 0 Å². The van der Waals surface area contributed by atoms with Gasteiger partial charge in [0, 0.05) is 13.7 Å². The molecule has 0 aliphatic rings. The van der Waals surface area contributed by atoms with Crippen LogP contribution in [0.15, 0.2) is 67.2 Å². The van der Waals surface area contributed by atoms with Crippen molar-refractivity contribution < 1.29 is 4.74 Å². The number of hydrogen-bond acceptors (Lipinski definition) is 1. The summed E-state index contributed by atoms with van der Waals surface area (Å²) in [4.78, 5) is 0. The van der Waals surface area contributed by atoms with Gasteiger partial charge < -0.3 is 4.74 Å². The average Bonchev–Trinajstić information content (AvgIpc) is 2.53. The second-order valence-electron chi connectivity index (χ2n) is 5.06. The molecule has 0 aliphatic heterocycles. The standard InChI is InChI=1S/C19H22O/c1-16(17-9-5-3-6-10-17)15-19(13-14-20-2)18-11-7-4-8-12-18/h3-12,19H,1,13-15H2,2H3/t19-/m1/s1. The second-order valence-corrected chi connectivity index (χ2v) is 5.06. The van der Waals surface area contributed by atoms with E-state index in [2.05, 4.69) is 61.2 Å². The highest BCUT2D eigenvalue weighted by Gasteiger charge is 2.13. The van der Waals surface area contributed by atoms with Crippen molar-refractivity contribution >= 4 is 5.57 Å². The molecule has 1 atom stereocenters. The first-order valence-electron chi connectivity index (χ1n) is 7.08. The Hall–Kier alpha value is -1.86. The van der Waals surface area contributed by atoms with Gasteiger partial charge in [-0.1, -0.05) is 67.2 Å². The minimum atomic E-state index is 0.462. The van der Waals surface area contributed by atoms with E-state index in [0.29, 0.717) is 5.92 Å². The van der Waals surface area contributed by atoms with Crippen LogP contribution >= 0.6 is 0 Å². The van der Waals surface area contributed by atoms with Crippen molar-refractivity contribution in [2.75, 3.05) is 13.7 Å². The lowest BCUT2D eigenvalue weighted by Gasteiger charge is -2.18. The van der Waals surface area contributed by atoms with E-state index in [1.165, 1.54) is 16.7 Å². The number of hydrogen-bond donors (Lipinski definition) is 0. The fourth-order valence-corrected chi connectivity index (χ4v) is 2.46. The Morgan fingerprint density at radius 3 is 2.20 bits per heavy atom. The van der Waals surface area contributed by atoms with Crippen LogP contribution in [0.3, 0.4) is 0 Å². The Labute approximate surface area is 121 Å². The molecule has 0 bridgehead atoms. The Balaban J connectivity index is 2.10. The van der Waals surface area contributed by atoms with Crippen LogP contribution in [0.2, 0.25) is 0 Å². The molecule has 2 aromatic carbocycles. The number of allylic oxidation sites excluding steroid dienone is 1. The van der Waals surface area contributed by atoms with Crippen LogP contribution in [0.5, 0.6) is 0 Å². The number of benzene rings is 2. The molecule has 2 rings (SSSR count). The van der Waals surface area contributed by atoms with Crippen LogP contribution in [0, 0.1) is 0 Å². The Morgan fingerprint density at radius 2 is 1.60 bits per heavy atom. The molecular weight excluding hydrogens is 244 g/mol. The van der Waals surface area contributed by atoms with Gasteiger partial charge in [0.05, 0.1) is 0 Å². The first-order valence-corrected chi connectivity index (χ1v) is 7.08. The van der Waals surface area contributed by atoms with Crippen molar-refractivity contribution in [3.63, 3.8) is 0 Å². The molecule has 0 amide bonds. The molecule has 0 fully saturated rings. The van der Waals surface area contributed by atoms with E-state index < -0.39 is 0 Å². The molecule has 0 spiro atoms. The van der Waals surface area contributed by atoms with E-state index in [-0.39, 0.29) is 0 Å². The SMILES string of the molecule is C=C(C[C@@H](CCOC)c1ccccc1)c1ccccc1. The minimum Gasteiger partial charge on any atom is -0.385 e. The summed E-state index contributed by atoms with van der Waals surface area (Å²) in [7, 11) is 1.76. The van der Waals surface area contributed by atoms with Crippen LogP contribution in [0.1, 0.15) is 29.9 Å². The summed E-state index contributed by atoms with van der Waals surface area (Å²) in [6, 6.07) is 21.1. The molecule has 0 radical (unpaired) electrons. The molecule has 20 heavy (non-hydrogen) atoms. The van der Waals surface area contributed by atoms with E-state index in [4.69, 9.17) is 4.74 Å². The topological polar surface area (TPSA) is 9.23 Å². The van der Waals surface area contributed by atoms with Gasteiger partial charge in [-0.05, 0) is 35.5 Å². The summed E-state index contributed by atoms with van der Waals surface area (Å²) in [6.45, 7) is 5.04. The lowest BCUT2D eigenvalue weighted by atomic mass is 9.88. The number of rotatable bonds is 7. The molecule has 0 saturated heterocycles. The normalized spacial score (nSPS) is 12.1. The van der Waals surface area contributed by atoms with Crippen LogP contribution in [-0.2, 0) is 4.74 Å². The molecule has 0 aromatic heterocycles. The fourth-order valence-electron chi connectivity index (χ4n) is 2.46. The average molecular weight is 266 g/mol. The fraction of sp³-hybridized carbons (Fsp3) is 0.263. The Bertz CT molecular complexity index is 516. The van der Waals surface area contributed by atoms with E-state index in [9.17, 15) is 0 Å². The first-order chi connectivity index (χ1) is 9.81. The molecule has 1 nitrogen and oxygen atoms in total. The summed E-state index contributed by atoms with van der Waals surface area (Å²) in [5, 5.41) is 0. The van der Waals surface area contributed by atoms with Gasteiger partial charge in [-0.15, -0.1) is 0 Å². The smallest absolute Gasteiger partial charge is 0.0468 e. The van der Waals surface area contributed by atoms with Crippen LogP contribution in [0.4, 0.5) is 0 Å². The van der Waals surface area contributed by atoms with Crippen molar-refractivity contribution in [2.45, 2.75) is 18.8 Å². The van der Waals surface area contributed by atoms with Crippen LogP contribution in [-0.4, -0.2) is 13.7 Å². The van der Waals surface area contributed by atoms with Gasteiger partial charge in [0.15, 0.2) is 0 Å². The molecular formula is C19H22O. The zero-order chi connectivity index (χ0) is 14.2. The van der Waals surface area contributed by atoms with Gasteiger partial charge >= 0.3 is 0 Å². The monoisotopic (exact) mass is 266 g/mol.